The van der Waals surface area contributed by atoms with Crippen LogP contribution in [0.4, 0.5) is 22.0 Å². The molecule has 0 unspecified atom stereocenters. The van der Waals surface area contributed by atoms with Crippen LogP contribution >= 0.6 is 8.88 Å². The Kier molecular flexibility index (Phi) is 4.63. The molecule has 78 valence electrons. The molecule has 13 heavy (non-hydrogen) atoms. The van der Waals surface area contributed by atoms with Crippen molar-refractivity contribution in [2.45, 2.75) is 19.2 Å². The first kappa shape index (κ1) is 12.6. The third-order valence-electron chi connectivity index (χ3n) is 0.756. The Morgan fingerprint density at radius 1 is 1.15 bits per heavy atom. The van der Waals surface area contributed by atoms with E-state index in [1.54, 1.807) is 0 Å². The van der Waals surface area contributed by atoms with Gasteiger partial charge in [0.2, 0.25) is 0 Å². The SMILES string of the molecule is CCOC(F)(F)C(F)(F)F.N1=NP1. The summed E-state index contributed by atoms with van der Waals surface area (Å²) in [6, 6.07) is 0. The molecule has 0 bridgehead atoms. The molecule has 1 rings (SSSR count). The van der Waals surface area contributed by atoms with Crippen LogP contribution in [0.2, 0.25) is 0 Å². The molecule has 9 heteroatoms. The van der Waals surface area contributed by atoms with E-state index in [0.29, 0.717) is 8.88 Å². The quantitative estimate of drug-likeness (QED) is 0.524. The molecule has 0 amide bonds. The van der Waals surface area contributed by atoms with E-state index in [0.717, 1.165) is 6.92 Å². The summed E-state index contributed by atoms with van der Waals surface area (Å²) in [4.78, 5) is 6.81. The minimum atomic E-state index is -5.61. The summed E-state index contributed by atoms with van der Waals surface area (Å²) < 4.78 is 59.7. The van der Waals surface area contributed by atoms with E-state index in [9.17, 15) is 22.0 Å². The van der Waals surface area contributed by atoms with Crippen molar-refractivity contribution in [1.82, 2.24) is 0 Å². The van der Waals surface area contributed by atoms with Gasteiger partial charge < -0.3 is 4.74 Å². The Labute approximate surface area is 72.2 Å². The monoisotopic (exact) mass is 224 g/mol. The van der Waals surface area contributed by atoms with Crippen LogP contribution in [-0.2, 0) is 4.74 Å². The van der Waals surface area contributed by atoms with Gasteiger partial charge in [0, 0.05) is 0 Å². The van der Waals surface area contributed by atoms with Gasteiger partial charge >= 0.3 is 12.3 Å². The Hall–Kier alpha value is -0.360. The molecule has 1 heterocycles. The Morgan fingerprint density at radius 2 is 1.54 bits per heavy atom. The summed E-state index contributed by atoms with van der Waals surface area (Å²) in [5.41, 5.74) is 0. The highest BCUT2D eigenvalue weighted by Crippen LogP contribution is 2.35. The van der Waals surface area contributed by atoms with Crippen molar-refractivity contribution in [2.24, 2.45) is 9.77 Å². The number of ether oxygens (including phenoxy) is 1. The fourth-order valence-electron chi connectivity index (χ4n) is 0.263. The van der Waals surface area contributed by atoms with Crippen molar-refractivity contribution in [3.8, 4) is 0 Å². The summed E-state index contributed by atoms with van der Waals surface area (Å²) in [6.07, 6.45) is -10.6. The highest BCUT2D eigenvalue weighted by atomic mass is 31.1. The molecule has 0 saturated carbocycles. The standard InChI is InChI=1S/C4H5F5O.HN2P/c1-2-10-4(8,9)3(5,6)7;1-2-3-1/h2H2,1H3;3H. The van der Waals surface area contributed by atoms with Crippen LogP contribution in [0.15, 0.2) is 9.77 Å². The first-order chi connectivity index (χ1) is 5.81. The first-order valence-electron chi connectivity index (χ1n) is 3.04. The van der Waals surface area contributed by atoms with Crippen LogP contribution in [-0.4, -0.2) is 18.9 Å². The number of nitrogens with zero attached hydrogens (tertiary/aromatic N) is 2. The molecule has 0 aromatic carbocycles. The zero-order valence-electron chi connectivity index (χ0n) is 6.40. The van der Waals surface area contributed by atoms with Crippen molar-refractivity contribution >= 4 is 8.88 Å². The third-order valence-corrected chi connectivity index (χ3v) is 0.956. The fourth-order valence-corrected chi connectivity index (χ4v) is 0.263. The van der Waals surface area contributed by atoms with Gasteiger partial charge in [-0.15, -0.1) is 9.77 Å². The van der Waals surface area contributed by atoms with E-state index in [4.69, 9.17) is 0 Å². The smallest absolute Gasteiger partial charge is 0.314 e. The Morgan fingerprint density at radius 3 is 1.62 bits per heavy atom. The van der Waals surface area contributed by atoms with Gasteiger partial charge in [-0.1, -0.05) is 0 Å². The zero-order valence-corrected chi connectivity index (χ0v) is 7.40. The lowest BCUT2D eigenvalue weighted by Gasteiger charge is -2.17. The average Bonchev–Trinajstić information content (AvgIpc) is 2.67. The lowest BCUT2D eigenvalue weighted by atomic mass is 10.6. The molecule has 1 aliphatic rings. The highest BCUT2D eigenvalue weighted by Gasteiger charge is 2.59. The molecule has 0 spiro atoms. The van der Waals surface area contributed by atoms with Crippen LogP contribution in [0.1, 0.15) is 6.92 Å². The van der Waals surface area contributed by atoms with E-state index < -0.39 is 18.9 Å². The summed E-state index contributed by atoms with van der Waals surface area (Å²) in [7, 11) is 0.583. The zero-order chi connectivity index (χ0) is 10.5. The molecule has 0 fully saturated rings. The molecule has 0 aromatic rings. The number of halogens is 5. The second-order valence-corrected chi connectivity index (χ2v) is 2.35. The number of hydrogen-bond acceptors (Lipinski definition) is 3. The lowest BCUT2D eigenvalue weighted by molar-refractivity contribution is -0.390. The molecule has 0 saturated heterocycles. The first-order valence-corrected chi connectivity index (χ1v) is 3.94. The number of alkyl halides is 5. The van der Waals surface area contributed by atoms with Gasteiger partial charge in [-0.3, -0.25) is 0 Å². The van der Waals surface area contributed by atoms with Gasteiger partial charge in [0.1, 0.15) is 0 Å². The molecule has 0 radical (unpaired) electrons. The molecule has 0 N–H and O–H groups in total. The van der Waals surface area contributed by atoms with Crippen LogP contribution < -0.4 is 0 Å². The predicted molar refractivity (Wildman–Crippen MR) is 35.8 cm³/mol. The second-order valence-electron chi connectivity index (χ2n) is 1.75. The topological polar surface area (TPSA) is 34.0 Å². The van der Waals surface area contributed by atoms with E-state index in [2.05, 4.69) is 14.5 Å². The maximum Gasteiger partial charge on any atom is 0.482 e. The van der Waals surface area contributed by atoms with Gasteiger partial charge in [0.25, 0.3) is 0 Å². The van der Waals surface area contributed by atoms with Gasteiger partial charge in [-0.2, -0.15) is 22.0 Å². The van der Waals surface area contributed by atoms with Crippen LogP contribution in [0.25, 0.3) is 0 Å². The van der Waals surface area contributed by atoms with E-state index in [-0.39, 0.29) is 0 Å². The highest BCUT2D eigenvalue weighted by molar-refractivity contribution is 7.39. The van der Waals surface area contributed by atoms with E-state index in [1.807, 2.05) is 0 Å². The van der Waals surface area contributed by atoms with Crippen molar-refractivity contribution in [3.05, 3.63) is 0 Å². The summed E-state index contributed by atoms with van der Waals surface area (Å²) in [5, 5.41) is 0. The Balaban J connectivity index is 0.000000396. The van der Waals surface area contributed by atoms with Crippen LogP contribution in [0.3, 0.4) is 0 Å². The third kappa shape index (κ3) is 5.81. The van der Waals surface area contributed by atoms with E-state index in [1.165, 1.54) is 0 Å². The van der Waals surface area contributed by atoms with Crippen molar-refractivity contribution in [3.63, 3.8) is 0 Å². The maximum atomic E-state index is 11.6. The normalized spacial score (nSPS) is 14.9. The molecular weight excluding hydrogens is 218 g/mol. The molecule has 0 aromatic heterocycles. The fraction of sp³-hybridized carbons (Fsp3) is 1.00. The lowest BCUT2D eigenvalue weighted by Crippen LogP contribution is -2.38. The average molecular weight is 224 g/mol. The minimum absolute atomic E-state index is 0.583. The predicted octanol–water partition coefficient (Wildman–Crippen LogP) is 3.14. The van der Waals surface area contributed by atoms with Gasteiger partial charge in [-0.25, -0.2) is 0 Å². The van der Waals surface area contributed by atoms with Crippen LogP contribution in [0, 0.1) is 0 Å². The summed E-state index contributed by atoms with van der Waals surface area (Å²) >= 11 is 0. The minimum Gasteiger partial charge on any atom is -0.314 e. The van der Waals surface area contributed by atoms with Gasteiger partial charge in [0.15, 0.2) is 8.88 Å². The van der Waals surface area contributed by atoms with Crippen molar-refractivity contribution < 1.29 is 26.7 Å². The largest absolute Gasteiger partial charge is 0.482 e. The summed E-state index contributed by atoms with van der Waals surface area (Å²) in [6.45, 7) is 0.381. The maximum absolute atomic E-state index is 11.6. The molecule has 0 atom stereocenters. The van der Waals surface area contributed by atoms with E-state index >= 15 is 0 Å². The van der Waals surface area contributed by atoms with Crippen LogP contribution in [0.5, 0.6) is 0 Å². The second kappa shape index (κ2) is 4.76. The number of hydrogen-bond donors (Lipinski definition) is 0. The molecular formula is C4H6F5N2OP. The Bertz CT molecular complexity index is 178. The number of rotatable bonds is 2. The molecule has 0 aliphatic carbocycles. The van der Waals surface area contributed by atoms with Gasteiger partial charge in [0.05, 0.1) is 6.61 Å². The van der Waals surface area contributed by atoms with Crippen molar-refractivity contribution in [1.29, 1.82) is 0 Å². The summed E-state index contributed by atoms with van der Waals surface area (Å²) in [5.74, 6) is 0. The molecule has 1 aliphatic heterocycles. The molecule has 3 nitrogen and oxygen atoms in total. The van der Waals surface area contributed by atoms with Gasteiger partial charge in [-0.05, 0) is 6.92 Å². The van der Waals surface area contributed by atoms with Crippen molar-refractivity contribution in [2.75, 3.05) is 6.61 Å².